The molecule has 1 saturated heterocycles. The predicted octanol–water partition coefficient (Wildman–Crippen LogP) is 3.05. The molecule has 1 aromatic rings. The van der Waals surface area contributed by atoms with Crippen molar-refractivity contribution in [1.29, 1.82) is 0 Å². The van der Waals surface area contributed by atoms with Crippen LogP contribution in [0.5, 0.6) is 0 Å². The van der Waals surface area contributed by atoms with Crippen LogP contribution in [0, 0.1) is 5.92 Å². The Morgan fingerprint density at radius 2 is 1.95 bits per heavy atom. The molecule has 0 aromatic heterocycles. The highest BCUT2D eigenvalue weighted by Gasteiger charge is 2.30. The van der Waals surface area contributed by atoms with Gasteiger partial charge in [0.05, 0.1) is 18.8 Å². The molecular weight excluding hydrogens is 248 g/mol. The number of hydrogen-bond acceptors (Lipinski definition) is 3. The van der Waals surface area contributed by atoms with Crippen LogP contribution in [0.25, 0.3) is 0 Å². The molecule has 0 atom stereocenters. The largest absolute Gasteiger partial charge is 0.377 e. The SMILES string of the molecule is CC(C)CNCc1ccc(N2CCOCC2(C)C)cc1. The molecule has 1 fully saturated rings. The molecule has 1 aliphatic rings. The van der Waals surface area contributed by atoms with Gasteiger partial charge >= 0.3 is 0 Å². The molecular formula is C17H28N2O. The molecule has 1 aliphatic heterocycles. The zero-order valence-electron chi connectivity index (χ0n) is 13.3. The first-order chi connectivity index (χ1) is 9.49. The molecule has 3 nitrogen and oxygen atoms in total. The molecule has 3 heteroatoms. The summed E-state index contributed by atoms with van der Waals surface area (Å²) in [4.78, 5) is 2.45. The van der Waals surface area contributed by atoms with Gasteiger partial charge in [-0.1, -0.05) is 26.0 Å². The van der Waals surface area contributed by atoms with Gasteiger partial charge in [-0.25, -0.2) is 0 Å². The Bertz CT molecular complexity index is 412. The van der Waals surface area contributed by atoms with Crippen LogP contribution in [0.1, 0.15) is 33.3 Å². The maximum absolute atomic E-state index is 5.58. The number of ether oxygens (including phenoxy) is 1. The van der Waals surface area contributed by atoms with Crippen LogP contribution in [0.3, 0.4) is 0 Å². The van der Waals surface area contributed by atoms with E-state index in [4.69, 9.17) is 4.74 Å². The van der Waals surface area contributed by atoms with Crippen LogP contribution in [0.4, 0.5) is 5.69 Å². The van der Waals surface area contributed by atoms with E-state index in [-0.39, 0.29) is 5.54 Å². The molecule has 0 amide bonds. The fourth-order valence-corrected chi connectivity index (χ4v) is 2.64. The van der Waals surface area contributed by atoms with Crippen molar-refractivity contribution in [2.75, 3.05) is 31.2 Å². The zero-order valence-corrected chi connectivity index (χ0v) is 13.3. The van der Waals surface area contributed by atoms with Gasteiger partial charge in [0.15, 0.2) is 0 Å². The lowest BCUT2D eigenvalue weighted by atomic mass is 10.0. The summed E-state index contributed by atoms with van der Waals surface area (Å²) in [5, 5.41) is 3.48. The van der Waals surface area contributed by atoms with E-state index in [0.29, 0.717) is 5.92 Å². The lowest BCUT2D eigenvalue weighted by Gasteiger charge is -2.43. The summed E-state index contributed by atoms with van der Waals surface area (Å²) in [6, 6.07) is 8.93. The van der Waals surface area contributed by atoms with Gasteiger partial charge in [0.2, 0.25) is 0 Å². The second-order valence-electron chi connectivity index (χ2n) is 6.71. The van der Waals surface area contributed by atoms with Gasteiger partial charge < -0.3 is 15.0 Å². The molecule has 2 rings (SSSR count). The lowest BCUT2D eigenvalue weighted by molar-refractivity contribution is 0.0644. The molecule has 0 saturated carbocycles. The van der Waals surface area contributed by atoms with E-state index in [2.05, 4.69) is 62.2 Å². The first-order valence-corrected chi connectivity index (χ1v) is 7.64. The monoisotopic (exact) mass is 276 g/mol. The Morgan fingerprint density at radius 1 is 1.25 bits per heavy atom. The summed E-state index contributed by atoms with van der Waals surface area (Å²) in [5.74, 6) is 0.698. The van der Waals surface area contributed by atoms with Crippen LogP contribution in [0.2, 0.25) is 0 Å². The van der Waals surface area contributed by atoms with Crippen molar-refractivity contribution in [2.45, 2.75) is 39.8 Å². The second kappa shape index (κ2) is 6.59. The summed E-state index contributed by atoms with van der Waals surface area (Å²) in [5.41, 5.74) is 2.72. The third-order valence-corrected chi connectivity index (χ3v) is 3.77. The van der Waals surface area contributed by atoms with Crippen molar-refractivity contribution < 1.29 is 4.74 Å². The van der Waals surface area contributed by atoms with E-state index in [1.807, 2.05) is 0 Å². The van der Waals surface area contributed by atoms with Crippen molar-refractivity contribution >= 4 is 5.69 Å². The van der Waals surface area contributed by atoms with Gasteiger partial charge in [0.25, 0.3) is 0 Å². The van der Waals surface area contributed by atoms with Crippen molar-refractivity contribution in [3.05, 3.63) is 29.8 Å². The van der Waals surface area contributed by atoms with Crippen LogP contribution in [-0.2, 0) is 11.3 Å². The molecule has 112 valence electrons. The molecule has 1 N–H and O–H groups in total. The highest BCUT2D eigenvalue weighted by Crippen LogP contribution is 2.27. The van der Waals surface area contributed by atoms with E-state index >= 15 is 0 Å². The number of hydrogen-bond donors (Lipinski definition) is 1. The Morgan fingerprint density at radius 3 is 2.55 bits per heavy atom. The van der Waals surface area contributed by atoms with E-state index < -0.39 is 0 Å². The standard InChI is InChI=1S/C17H28N2O/c1-14(2)11-18-12-15-5-7-16(8-6-15)19-9-10-20-13-17(19,3)4/h5-8,14,18H,9-13H2,1-4H3. The Labute approximate surface area is 123 Å². The quantitative estimate of drug-likeness (QED) is 0.894. The fraction of sp³-hybridized carbons (Fsp3) is 0.647. The maximum Gasteiger partial charge on any atom is 0.0694 e. The van der Waals surface area contributed by atoms with Crippen molar-refractivity contribution in [1.82, 2.24) is 5.32 Å². The second-order valence-corrected chi connectivity index (χ2v) is 6.71. The topological polar surface area (TPSA) is 24.5 Å². The molecule has 20 heavy (non-hydrogen) atoms. The third kappa shape index (κ3) is 3.97. The summed E-state index contributed by atoms with van der Waals surface area (Å²) >= 11 is 0. The first-order valence-electron chi connectivity index (χ1n) is 7.64. The third-order valence-electron chi connectivity index (χ3n) is 3.77. The summed E-state index contributed by atoms with van der Waals surface area (Å²) in [6.45, 7) is 13.6. The molecule has 0 unspecified atom stereocenters. The van der Waals surface area contributed by atoms with E-state index in [0.717, 1.165) is 32.8 Å². The number of anilines is 1. The Hall–Kier alpha value is -1.06. The van der Waals surface area contributed by atoms with Gasteiger partial charge in [0.1, 0.15) is 0 Å². The maximum atomic E-state index is 5.58. The first kappa shape index (κ1) is 15.3. The van der Waals surface area contributed by atoms with E-state index in [9.17, 15) is 0 Å². The summed E-state index contributed by atoms with van der Waals surface area (Å²) in [6.07, 6.45) is 0. The fourth-order valence-electron chi connectivity index (χ4n) is 2.64. The molecule has 0 aliphatic carbocycles. The number of nitrogens with one attached hydrogen (secondary N) is 1. The molecule has 1 heterocycles. The molecule has 0 bridgehead atoms. The Kier molecular flexibility index (Phi) is 5.06. The summed E-state index contributed by atoms with van der Waals surface area (Å²) < 4.78 is 5.58. The van der Waals surface area contributed by atoms with E-state index in [1.54, 1.807) is 0 Å². The van der Waals surface area contributed by atoms with Crippen molar-refractivity contribution in [2.24, 2.45) is 5.92 Å². The zero-order chi connectivity index (χ0) is 14.6. The molecule has 0 radical (unpaired) electrons. The van der Waals surface area contributed by atoms with Gasteiger partial charge in [0, 0.05) is 18.8 Å². The van der Waals surface area contributed by atoms with Crippen LogP contribution in [-0.4, -0.2) is 31.8 Å². The number of nitrogens with zero attached hydrogens (tertiary/aromatic N) is 1. The minimum absolute atomic E-state index is 0.0790. The van der Waals surface area contributed by atoms with Crippen LogP contribution >= 0.6 is 0 Å². The van der Waals surface area contributed by atoms with Crippen LogP contribution < -0.4 is 10.2 Å². The molecule has 1 aromatic carbocycles. The average molecular weight is 276 g/mol. The van der Waals surface area contributed by atoms with Crippen molar-refractivity contribution in [3.63, 3.8) is 0 Å². The smallest absolute Gasteiger partial charge is 0.0694 e. The minimum Gasteiger partial charge on any atom is -0.377 e. The average Bonchev–Trinajstić information content (AvgIpc) is 2.39. The molecule has 0 spiro atoms. The van der Waals surface area contributed by atoms with Gasteiger partial charge in [-0.05, 0) is 44.0 Å². The number of benzene rings is 1. The normalized spacial score (nSPS) is 18.6. The van der Waals surface area contributed by atoms with Crippen molar-refractivity contribution in [3.8, 4) is 0 Å². The van der Waals surface area contributed by atoms with Gasteiger partial charge in [-0.3, -0.25) is 0 Å². The lowest BCUT2D eigenvalue weighted by Crippen LogP contribution is -2.53. The highest BCUT2D eigenvalue weighted by molar-refractivity contribution is 5.50. The van der Waals surface area contributed by atoms with E-state index in [1.165, 1.54) is 11.3 Å². The predicted molar refractivity (Wildman–Crippen MR) is 85.2 cm³/mol. The Balaban J connectivity index is 1.97. The van der Waals surface area contributed by atoms with Gasteiger partial charge in [-0.2, -0.15) is 0 Å². The summed E-state index contributed by atoms with van der Waals surface area (Å²) in [7, 11) is 0. The minimum atomic E-state index is 0.0790. The van der Waals surface area contributed by atoms with Crippen LogP contribution in [0.15, 0.2) is 24.3 Å². The number of rotatable bonds is 5. The number of morpholine rings is 1. The highest BCUT2D eigenvalue weighted by atomic mass is 16.5. The van der Waals surface area contributed by atoms with Gasteiger partial charge in [-0.15, -0.1) is 0 Å².